The highest BCUT2D eigenvalue weighted by Crippen LogP contribution is 2.33. The lowest BCUT2D eigenvalue weighted by atomic mass is 10.0. The molecule has 1 saturated heterocycles. The summed E-state index contributed by atoms with van der Waals surface area (Å²) in [7, 11) is 0. The molecule has 1 unspecified atom stereocenters. The fourth-order valence-electron chi connectivity index (χ4n) is 3.40. The van der Waals surface area contributed by atoms with Gasteiger partial charge in [0.15, 0.2) is 0 Å². The van der Waals surface area contributed by atoms with Gasteiger partial charge in [-0.3, -0.25) is 4.79 Å². The number of rotatable bonds is 2. The smallest absolute Gasteiger partial charge is 0.242 e. The third-order valence-corrected chi connectivity index (χ3v) is 4.45. The molecule has 0 radical (unpaired) electrons. The van der Waals surface area contributed by atoms with Crippen LogP contribution in [0.25, 0.3) is 0 Å². The van der Waals surface area contributed by atoms with Gasteiger partial charge in [-0.05, 0) is 36.8 Å². The van der Waals surface area contributed by atoms with Crippen LogP contribution in [0.3, 0.4) is 0 Å². The molecule has 0 aromatic heterocycles. The maximum Gasteiger partial charge on any atom is 0.242 e. The first-order chi connectivity index (χ1) is 9.65. The topological polar surface area (TPSA) is 49.6 Å². The zero-order valence-electron chi connectivity index (χ0n) is 12.1. The molecule has 1 fully saturated rings. The van der Waals surface area contributed by atoms with Gasteiger partial charge in [0.25, 0.3) is 0 Å². The van der Waals surface area contributed by atoms with Crippen molar-refractivity contribution in [2.45, 2.75) is 26.2 Å². The van der Waals surface area contributed by atoms with Gasteiger partial charge in [0, 0.05) is 19.6 Å². The summed E-state index contributed by atoms with van der Waals surface area (Å²) >= 11 is 0. The van der Waals surface area contributed by atoms with E-state index in [0.717, 1.165) is 43.9 Å². The minimum absolute atomic E-state index is 0.243. The Morgan fingerprint density at radius 3 is 3.05 bits per heavy atom. The maximum atomic E-state index is 12.5. The molecule has 2 heterocycles. The Morgan fingerprint density at radius 2 is 2.25 bits per heavy atom. The van der Waals surface area contributed by atoms with Gasteiger partial charge in [0.1, 0.15) is 0 Å². The van der Waals surface area contributed by atoms with E-state index in [0.29, 0.717) is 12.5 Å². The lowest BCUT2D eigenvalue weighted by Gasteiger charge is -2.32. The van der Waals surface area contributed by atoms with Gasteiger partial charge in [-0.25, -0.2) is 0 Å². The van der Waals surface area contributed by atoms with Crippen molar-refractivity contribution in [3.63, 3.8) is 0 Å². The third kappa shape index (κ3) is 2.47. The van der Waals surface area contributed by atoms with Crippen molar-refractivity contribution in [2.75, 3.05) is 36.8 Å². The Bertz CT molecular complexity index is 514. The normalized spacial score (nSPS) is 21.9. The minimum atomic E-state index is 0.243. The number of anilines is 2. The number of nitrogens with two attached hydrogens (primary N) is 1. The summed E-state index contributed by atoms with van der Waals surface area (Å²) in [5.74, 6) is 0.872. The lowest BCUT2D eigenvalue weighted by molar-refractivity contribution is -0.131. The van der Waals surface area contributed by atoms with Gasteiger partial charge in [0.2, 0.25) is 5.91 Å². The highest BCUT2D eigenvalue weighted by Gasteiger charge is 2.27. The lowest BCUT2D eigenvalue weighted by Crippen LogP contribution is -2.44. The SMILES string of the molecule is CC1CCCN(C(=O)CN2CCc3cccc(N)c32)C1. The molecule has 0 bridgehead atoms. The molecule has 1 amide bonds. The number of nitrogens with zero attached hydrogens (tertiary/aromatic N) is 2. The van der Waals surface area contributed by atoms with Crippen molar-refractivity contribution in [1.29, 1.82) is 0 Å². The van der Waals surface area contributed by atoms with Gasteiger partial charge >= 0.3 is 0 Å². The quantitative estimate of drug-likeness (QED) is 0.837. The summed E-state index contributed by atoms with van der Waals surface area (Å²) in [6.07, 6.45) is 3.36. The predicted molar refractivity (Wildman–Crippen MR) is 81.7 cm³/mol. The molecular formula is C16H23N3O. The van der Waals surface area contributed by atoms with Gasteiger partial charge in [-0.1, -0.05) is 19.1 Å². The van der Waals surface area contributed by atoms with Crippen LogP contribution >= 0.6 is 0 Å². The first kappa shape index (κ1) is 13.3. The molecule has 0 saturated carbocycles. The van der Waals surface area contributed by atoms with E-state index in [1.807, 2.05) is 17.0 Å². The van der Waals surface area contributed by atoms with E-state index in [1.54, 1.807) is 0 Å². The van der Waals surface area contributed by atoms with Crippen molar-refractivity contribution in [3.8, 4) is 0 Å². The monoisotopic (exact) mass is 273 g/mol. The first-order valence-corrected chi connectivity index (χ1v) is 7.55. The van der Waals surface area contributed by atoms with Crippen molar-refractivity contribution in [1.82, 2.24) is 4.90 Å². The molecule has 4 nitrogen and oxygen atoms in total. The van der Waals surface area contributed by atoms with Crippen molar-refractivity contribution in [2.24, 2.45) is 5.92 Å². The van der Waals surface area contributed by atoms with Crippen LogP contribution in [0.1, 0.15) is 25.3 Å². The molecule has 2 aliphatic rings. The van der Waals surface area contributed by atoms with Gasteiger partial charge in [-0.2, -0.15) is 0 Å². The third-order valence-electron chi connectivity index (χ3n) is 4.45. The summed E-state index contributed by atoms with van der Waals surface area (Å²) in [5.41, 5.74) is 9.21. The molecule has 0 aliphatic carbocycles. The van der Waals surface area contributed by atoms with E-state index >= 15 is 0 Å². The highest BCUT2D eigenvalue weighted by molar-refractivity contribution is 5.85. The van der Waals surface area contributed by atoms with Crippen LogP contribution in [0.2, 0.25) is 0 Å². The molecule has 1 atom stereocenters. The van der Waals surface area contributed by atoms with Crippen LogP contribution < -0.4 is 10.6 Å². The Kier molecular flexibility index (Phi) is 3.55. The van der Waals surface area contributed by atoms with Gasteiger partial charge < -0.3 is 15.5 Å². The first-order valence-electron chi connectivity index (χ1n) is 7.55. The number of fused-ring (bicyclic) bond motifs is 1. The van der Waals surface area contributed by atoms with E-state index in [1.165, 1.54) is 12.0 Å². The highest BCUT2D eigenvalue weighted by atomic mass is 16.2. The summed E-state index contributed by atoms with van der Waals surface area (Å²) < 4.78 is 0. The number of piperidine rings is 1. The Labute approximate surface area is 120 Å². The van der Waals surface area contributed by atoms with Gasteiger partial charge in [-0.15, -0.1) is 0 Å². The second-order valence-corrected chi connectivity index (χ2v) is 6.11. The van der Waals surface area contributed by atoms with E-state index < -0.39 is 0 Å². The van der Waals surface area contributed by atoms with Crippen LogP contribution in [-0.2, 0) is 11.2 Å². The number of para-hydroxylation sites is 1. The van der Waals surface area contributed by atoms with E-state index in [2.05, 4.69) is 17.9 Å². The summed E-state index contributed by atoms with van der Waals surface area (Å²) in [6.45, 7) is 5.41. The number of amides is 1. The molecule has 2 aliphatic heterocycles. The largest absolute Gasteiger partial charge is 0.397 e. The number of benzene rings is 1. The molecule has 1 aromatic carbocycles. The van der Waals surface area contributed by atoms with Crippen LogP contribution in [0.5, 0.6) is 0 Å². The fraction of sp³-hybridized carbons (Fsp3) is 0.562. The van der Waals surface area contributed by atoms with E-state index in [-0.39, 0.29) is 5.91 Å². The van der Waals surface area contributed by atoms with E-state index in [9.17, 15) is 4.79 Å². The zero-order chi connectivity index (χ0) is 14.1. The number of hydrogen-bond donors (Lipinski definition) is 1. The molecule has 0 spiro atoms. The number of carbonyl (C=O) groups excluding carboxylic acids is 1. The number of likely N-dealkylation sites (tertiary alicyclic amines) is 1. The molecule has 1 aromatic rings. The Hall–Kier alpha value is -1.71. The summed E-state index contributed by atoms with van der Waals surface area (Å²) in [6, 6.07) is 6.02. The van der Waals surface area contributed by atoms with Crippen LogP contribution in [0, 0.1) is 5.92 Å². The van der Waals surface area contributed by atoms with Crippen molar-refractivity contribution >= 4 is 17.3 Å². The molecule has 108 valence electrons. The number of hydrogen-bond acceptors (Lipinski definition) is 3. The fourth-order valence-corrected chi connectivity index (χ4v) is 3.40. The predicted octanol–water partition coefficient (Wildman–Crippen LogP) is 1.89. The minimum Gasteiger partial charge on any atom is -0.397 e. The second kappa shape index (κ2) is 5.35. The average molecular weight is 273 g/mol. The number of carbonyl (C=O) groups is 1. The molecule has 3 rings (SSSR count). The van der Waals surface area contributed by atoms with E-state index in [4.69, 9.17) is 5.73 Å². The summed E-state index contributed by atoms with van der Waals surface area (Å²) in [4.78, 5) is 16.6. The van der Waals surface area contributed by atoms with Gasteiger partial charge in [0.05, 0.1) is 17.9 Å². The Morgan fingerprint density at radius 1 is 1.40 bits per heavy atom. The molecular weight excluding hydrogens is 250 g/mol. The van der Waals surface area contributed by atoms with Crippen LogP contribution in [0.15, 0.2) is 18.2 Å². The van der Waals surface area contributed by atoms with Crippen LogP contribution in [-0.4, -0.2) is 37.0 Å². The second-order valence-electron chi connectivity index (χ2n) is 6.11. The Balaban J connectivity index is 1.69. The van der Waals surface area contributed by atoms with Crippen molar-refractivity contribution < 1.29 is 4.79 Å². The van der Waals surface area contributed by atoms with Crippen molar-refractivity contribution in [3.05, 3.63) is 23.8 Å². The summed E-state index contributed by atoms with van der Waals surface area (Å²) in [5, 5.41) is 0. The van der Waals surface area contributed by atoms with Crippen LogP contribution in [0.4, 0.5) is 11.4 Å². The standard InChI is InChI=1S/C16H23N3O/c1-12-4-3-8-18(10-12)15(20)11-19-9-7-13-5-2-6-14(17)16(13)19/h2,5-6,12H,3-4,7-11,17H2,1H3. The molecule has 2 N–H and O–H groups in total. The average Bonchev–Trinajstić information content (AvgIpc) is 2.83. The molecule has 20 heavy (non-hydrogen) atoms. The molecule has 4 heteroatoms. The number of nitrogen functional groups attached to an aromatic ring is 1. The maximum absolute atomic E-state index is 12.5. The zero-order valence-corrected chi connectivity index (χ0v) is 12.1.